The monoisotopic (exact) mass is 326 g/mol. The fourth-order valence-corrected chi connectivity index (χ4v) is 1.76. The Bertz CT molecular complexity index is 587. The van der Waals surface area contributed by atoms with Crippen LogP contribution in [0.4, 0.5) is 5.82 Å². The lowest BCUT2D eigenvalue weighted by Gasteiger charge is -2.06. The second-order valence-corrected chi connectivity index (χ2v) is 4.80. The number of carbonyl (C=O) groups excluding carboxylic acids is 1. The molecular formula is C12H8BrClN2O2. The number of nitrogens with zero attached hydrogens (tertiary/aromatic N) is 1. The van der Waals surface area contributed by atoms with Crippen molar-refractivity contribution in [2.24, 2.45) is 0 Å². The molecule has 0 aliphatic carbocycles. The van der Waals surface area contributed by atoms with Crippen LogP contribution in [0.5, 0.6) is 5.75 Å². The molecule has 1 amide bonds. The Labute approximate surface area is 117 Å². The molecule has 0 fully saturated rings. The standard InChI is InChI=1S/C12H8BrClN2O2/c13-7-1-4-11(15-6-7)16-12(18)9-5-8(17)2-3-10(9)14/h1-6,17H,(H,15,16,18). The summed E-state index contributed by atoms with van der Waals surface area (Å²) in [7, 11) is 0. The van der Waals surface area contributed by atoms with E-state index >= 15 is 0 Å². The maximum Gasteiger partial charge on any atom is 0.258 e. The third-order valence-corrected chi connectivity index (χ3v) is 2.96. The predicted octanol–water partition coefficient (Wildman–Crippen LogP) is 3.46. The number of hydrogen-bond acceptors (Lipinski definition) is 3. The molecule has 0 radical (unpaired) electrons. The van der Waals surface area contributed by atoms with Crippen LogP contribution >= 0.6 is 27.5 Å². The molecule has 0 aliphatic heterocycles. The van der Waals surface area contributed by atoms with Crippen LogP contribution in [0, 0.1) is 0 Å². The van der Waals surface area contributed by atoms with Gasteiger partial charge in [-0.2, -0.15) is 0 Å². The van der Waals surface area contributed by atoms with E-state index in [1.807, 2.05) is 0 Å². The van der Waals surface area contributed by atoms with E-state index in [1.165, 1.54) is 18.2 Å². The summed E-state index contributed by atoms with van der Waals surface area (Å²) in [5, 5.41) is 12.2. The second-order valence-electron chi connectivity index (χ2n) is 3.48. The molecule has 1 aromatic heterocycles. The average Bonchev–Trinajstić information content (AvgIpc) is 2.35. The van der Waals surface area contributed by atoms with Gasteiger partial charge in [0.15, 0.2) is 0 Å². The third kappa shape index (κ3) is 3.00. The van der Waals surface area contributed by atoms with Gasteiger partial charge in [-0.1, -0.05) is 11.6 Å². The van der Waals surface area contributed by atoms with Crippen molar-refractivity contribution in [3.63, 3.8) is 0 Å². The molecule has 2 N–H and O–H groups in total. The van der Waals surface area contributed by atoms with Crippen molar-refractivity contribution < 1.29 is 9.90 Å². The zero-order chi connectivity index (χ0) is 13.1. The first-order chi connectivity index (χ1) is 8.56. The lowest BCUT2D eigenvalue weighted by atomic mass is 10.2. The molecule has 2 rings (SSSR count). The second kappa shape index (κ2) is 5.37. The quantitative estimate of drug-likeness (QED) is 0.888. The molecule has 18 heavy (non-hydrogen) atoms. The molecule has 1 aromatic carbocycles. The zero-order valence-corrected chi connectivity index (χ0v) is 11.4. The minimum atomic E-state index is -0.425. The number of halogens is 2. The summed E-state index contributed by atoms with van der Waals surface area (Å²) in [5.41, 5.74) is 0.196. The highest BCUT2D eigenvalue weighted by atomic mass is 79.9. The highest BCUT2D eigenvalue weighted by molar-refractivity contribution is 9.10. The molecule has 0 atom stereocenters. The number of hydrogen-bond donors (Lipinski definition) is 2. The molecule has 2 aromatic rings. The molecular weight excluding hydrogens is 320 g/mol. The Balaban J connectivity index is 2.21. The Morgan fingerprint density at radius 1 is 1.33 bits per heavy atom. The van der Waals surface area contributed by atoms with E-state index in [0.717, 1.165) is 4.47 Å². The fourth-order valence-electron chi connectivity index (χ4n) is 1.32. The highest BCUT2D eigenvalue weighted by Gasteiger charge is 2.11. The maximum atomic E-state index is 11.9. The van der Waals surface area contributed by atoms with Gasteiger partial charge in [-0.15, -0.1) is 0 Å². The lowest BCUT2D eigenvalue weighted by molar-refractivity contribution is 0.102. The Morgan fingerprint density at radius 2 is 2.11 bits per heavy atom. The topological polar surface area (TPSA) is 62.2 Å². The molecule has 0 bridgehead atoms. The van der Waals surface area contributed by atoms with Crippen molar-refractivity contribution in [1.82, 2.24) is 4.98 Å². The fraction of sp³-hybridized carbons (Fsp3) is 0. The Morgan fingerprint density at radius 3 is 2.78 bits per heavy atom. The maximum absolute atomic E-state index is 11.9. The van der Waals surface area contributed by atoms with E-state index in [2.05, 4.69) is 26.2 Å². The van der Waals surface area contributed by atoms with Crippen molar-refractivity contribution in [3.05, 3.63) is 51.6 Å². The van der Waals surface area contributed by atoms with Crippen molar-refractivity contribution in [1.29, 1.82) is 0 Å². The van der Waals surface area contributed by atoms with Crippen LogP contribution in [0.25, 0.3) is 0 Å². The first-order valence-corrected chi connectivity index (χ1v) is 6.15. The number of phenols is 1. The zero-order valence-electron chi connectivity index (χ0n) is 9.02. The molecule has 0 spiro atoms. The largest absolute Gasteiger partial charge is 0.508 e. The van der Waals surface area contributed by atoms with Gasteiger partial charge in [0.25, 0.3) is 5.91 Å². The van der Waals surface area contributed by atoms with E-state index in [9.17, 15) is 9.90 Å². The van der Waals surface area contributed by atoms with Gasteiger partial charge in [-0.3, -0.25) is 4.79 Å². The molecule has 0 unspecified atom stereocenters. The van der Waals surface area contributed by atoms with Crippen LogP contribution in [-0.2, 0) is 0 Å². The minimum absolute atomic E-state index is 0.0201. The molecule has 1 heterocycles. The summed E-state index contributed by atoms with van der Waals surface area (Å²) in [6.45, 7) is 0. The van der Waals surface area contributed by atoms with Crippen LogP contribution in [0.2, 0.25) is 5.02 Å². The van der Waals surface area contributed by atoms with Gasteiger partial charge in [0.05, 0.1) is 10.6 Å². The summed E-state index contributed by atoms with van der Waals surface area (Å²) in [6, 6.07) is 7.58. The van der Waals surface area contributed by atoms with E-state index in [0.29, 0.717) is 5.82 Å². The number of phenolic OH excluding ortho intramolecular Hbond substituents is 1. The molecule has 92 valence electrons. The van der Waals surface area contributed by atoms with E-state index in [-0.39, 0.29) is 16.3 Å². The van der Waals surface area contributed by atoms with Gasteiger partial charge in [-0.25, -0.2) is 4.98 Å². The number of carbonyl (C=O) groups is 1. The van der Waals surface area contributed by atoms with Crippen LogP contribution < -0.4 is 5.32 Å². The Kier molecular flexibility index (Phi) is 3.84. The van der Waals surface area contributed by atoms with Gasteiger partial charge in [0.1, 0.15) is 11.6 Å². The van der Waals surface area contributed by atoms with Crippen LogP contribution in [0.1, 0.15) is 10.4 Å². The van der Waals surface area contributed by atoms with Crippen molar-refractivity contribution in [2.45, 2.75) is 0 Å². The number of aromatic hydroxyl groups is 1. The number of pyridine rings is 1. The number of nitrogens with one attached hydrogen (secondary N) is 1. The first kappa shape index (κ1) is 12.9. The summed E-state index contributed by atoms with van der Waals surface area (Å²) in [6.07, 6.45) is 1.57. The van der Waals surface area contributed by atoms with Gasteiger partial charge in [0.2, 0.25) is 0 Å². The average molecular weight is 328 g/mol. The summed E-state index contributed by atoms with van der Waals surface area (Å²) < 4.78 is 0.816. The number of benzene rings is 1. The number of amides is 1. The number of anilines is 1. The first-order valence-electron chi connectivity index (χ1n) is 4.97. The molecule has 6 heteroatoms. The smallest absolute Gasteiger partial charge is 0.258 e. The molecule has 0 aliphatic rings. The number of aromatic nitrogens is 1. The SMILES string of the molecule is O=C(Nc1ccc(Br)cn1)c1cc(O)ccc1Cl. The third-order valence-electron chi connectivity index (χ3n) is 2.16. The molecule has 4 nitrogen and oxygen atoms in total. The molecule has 0 saturated carbocycles. The lowest BCUT2D eigenvalue weighted by Crippen LogP contribution is -2.13. The van der Waals surface area contributed by atoms with Gasteiger partial charge in [-0.05, 0) is 46.3 Å². The highest BCUT2D eigenvalue weighted by Crippen LogP contribution is 2.22. The van der Waals surface area contributed by atoms with E-state index < -0.39 is 5.91 Å². The van der Waals surface area contributed by atoms with E-state index in [1.54, 1.807) is 18.3 Å². The van der Waals surface area contributed by atoms with Gasteiger partial charge < -0.3 is 10.4 Å². The Hall–Kier alpha value is -1.59. The van der Waals surface area contributed by atoms with E-state index in [4.69, 9.17) is 11.6 Å². The van der Waals surface area contributed by atoms with Crippen molar-refractivity contribution in [2.75, 3.05) is 5.32 Å². The summed E-state index contributed by atoms with van der Waals surface area (Å²) in [4.78, 5) is 15.9. The molecule has 0 saturated heterocycles. The van der Waals surface area contributed by atoms with Crippen molar-refractivity contribution >= 4 is 39.3 Å². The number of rotatable bonds is 2. The summed E-state index contributed by atoms with van der Waals surface area (Å²) >= 11 is 9.13. The van der Waals surface area contributed by atoms with Gasteiger partial charge >= 0.3 is 0 Å². The van der Waals surface area contributed by atoms with Crippen LogP contribution in [0.3, 0.4) is 0 Å². The summed E-state index contributed by atoms with van der Waals surface area (Å²) in [5.74, 6) is -0.0401. The normalized spacial score (nSPS) is 10.1. The van der Waals surface area contributed by atoms with Crippen LogP contribution in [0.15, 0.2) is 41.0 Å². The van der Waals surface area contributed by atoms with Crippen molar-refractivity contribution in [3.8, 4) is 5.75 Å². The minimum Gasteiger partial charge on any atom is -0.508 e. The predicted molar refractivity (Wildman–Crippen MR) is 73.0 cm³/mol. The van der Waals surface area contributed by atoms with Gasteiger partial charge in [0, 0.05) is 10.7 Å². The van der Waals surface area contributed by atoms with Crippen LogP contribution in [-0.4, -0.2) is 16.0 Å².